The van der Waals surface area contributed by atoms with Crippen molar-refractivity contribution in [2.45, 2.75) is 6.42 Å². The molecule has 2 rings (SSSR count). The maximum absolute atomic E-state index is 5.33. The summed E-state index contributed by atoms with van der Waals surface area (Å²) in [6.07, 6.45) is 0.964. The molecular formula is C12H12BrNOS. The SMILES string of the molecule is COc1ccccc1-c1nc(CCBr)cs1. The lowest BCUT2D eigenvalue weighted by molar-refractivity contribution is 0.416. The summed E-state index contributed by atoms with van der Waals surface area (Å²) < 4.78 is 5.33. The number of halogens is 1. The Morgan fingerprint density at radius 1 is 1.38 bits per heavy atom. The average Bonchev–Trinajstić information content (AvgIpc) is 2.78. The molecule has 2 aromatic rings. The third-order valence-electron chi connectivity index (χ3n) is 2.24. The van der Waals surface area contributed by atoms with Crippen LogP contribution in [-0.4, -0.2) is 17.4 Å². The maximum Gasteiger partial charge on any atom is 0.129 e. The van der Waals surface area contributed by atoms with Crippen molar-refractivity contribution in [3.8, 4) is 16.3 Å². The van der Waals surface area contributed by atoms with Crippen molar-refractivity contribution < 1.29 is 4.74 Å². The quantitative estimate of drug-likeness (QED) is 0.802. The van der Waals surface area contributed by atoms with Crippen molar-refractivity contribution in [2.75, 3.05) is 12.4 Å². The molecule has 0 bridgehead atoms. The molecule has 1 aromatic carbocycles. The molecule has 0 N–H and O–H groups in total. The van der Waals surface area contributed by atoms with E-state index in [2.05, 4.69) is 26.3 Å². The molecular weight excluding hydrogens is 286 g/mol. The summed E-state index contributed by atoms with van der Waals surface area (Å²) in [5.74, 6) is 0.877. The first-order valence-corrected chi connectivity index (χ1v) is 6.99. The lowest BCUT2D eigenvalue weighted by Crippen LogP contribution is -1.88. The number of para-hydroxylation sites is 1. The number of alkyl halides is 1. The van der Waals surface area contributed by atoms with Crippen molar-refractivity contribution in [1.29, 1.82) is 0 Å². The fourth-order valence-electron chi connectivity index (χ4n) is 1.46. The van der Waals surface area contributed by atoms with Crippen LogP contribution in [0.1, 0.15) is 5.69 Å². The lowest BCUT2D eigenvalue weighted by Gasteiger charge is -2.04. The molecule has 1 heterocycles. The van der Waals surface area contributed by atoms with Gasteiger partial charge < -0.3 is 4.74 Å². The first kappa shape index (κ1) is 11.6. The Bertz CT molecular complexity index is 470. The van der Waals surface area contributed by atoms with Crippen molar-refractivity contribution in [2.24, 2.45) is 0 Å². The van der Waals surface area contributed by atoms with E-state index in [0.717, 1.165) is 33.8 Å². The molecule has 84 valence electrons. The molecule has 0 spiro atoms. The van der Waals surface area contributed by atoms with E-state index in [9.17, 15) is 0 Å². The third-order valence-corrected chi connectivity index (χ3v) is 3.56. The standard InChI is InChI=1S/C12H12BrNOS/c1-15-11-5-3-2-4-10(11)12-14-9(6-7-13)8-16-12/h2-5,8H,6-7H2,1H3. The van der Waals surface area contributed by atoms with Gasteiger partial charge in [0, 0.05) is 17.1 Å². The predicted octanol–water partition coefficient (Wildman–Crippen LogP) is 3.76. The number of ether oxygens (including phenoxy) is 1. The Hall–Kier alpha value is -0.870. The van der Waals surface area contributed by atoms with Gasteiger partial charge in [0.1, 0.15) is 10.8 Å². The summed E-state index contributed by atoms with van der Waals surface area (Å²) in [5, 5.41) is 4.07. The molecule has 2 nitrogen and oxygen atoms in total. The second kappa shape index (κ2) is 5.46. The number of thiazole rings is 1. The fraction of sp³-hybridized carbons (Fsp3) is 0.250. The van der Waals surface area contributed by atoms with Crippen LogP contribution in [0.2, 0.25) is 0 Å². The maximum atomic E-state index is 5.33. The van der Waals surface area contributed by atoms with Crippen LogP contribution < -0.4 is 4.74 Å². The van der Waals surface area contributed by atoms with Gasteiger partial charge >= 0.3 is 0 Å². The van der Waals surface area contributed by atoms with Crippen molar-refractivity contribution >= 4 is 27.3 Å². The zero-order valence-corrected chi connectivity index (χ0v) is 11.3. The molecule has 0 amide bonds. The Morgan fingerprint density at radius 2 is 2.19 bits per heavy atom. The van der Waals surface area contributed by atoms with E-state index in [1.54, 1.807) is 18.4 Å². The molecule has 0 fully saturated rings. The largest absolute Gasteiger partial charge is 0.496 e. The zero-order valence-electron chi connectivity index (χ0n) is 8.94. The monoisotopic (exact) mass is 297 g/mol. The second-order valence-corrected chi connectivity index (χ2v) is 4.93. The number of hydrogen-bond donors (Lipinski definition) is 0. The van der Waals surface area contributed by atoms with Gasteiger partial charge in [-0.05, 0) is 12.1 Å². The minimum atomic E-state index is 0.877. The van der Waals surface area contributed by atoms with Crippen molar-refractivity contribution in [3.63, 3.8) is 0 Å². The van der Waals surface area contributed by atoms with Crippen LogP contribution in [0.3, 0.4) is 0 Å². The molecule has 0 atom stereocenters. The molecule has 0 unspecified atom stereocenters. The van der Waals surface area contributed by atoms with Gasteiger partial charge in [0.05, 0.1) is 18.4 Å². The summed E-state index contributed by atoms with van der Waals surface area (Å²) in [6, 6.07) is 7.97. The van der Waals surface area contributed by atoms with Crippen LogP contribution in [0, 0.1) is 0 Å². The van der Waals surface area contributed by atoms with Crippen LogP contribution in [0.15, 0.2) is 29.6 Å². The summed E-state index contributed by atoms with van der Waals surface area (Å²) in [6.45, 7) is 0. The summed E-state index contributed by atoms with van der Waals surface area (Å²) in [7, 11) is 1.69. The number of methoxy groups -OCH3 is 1. The van der Waals surface area contributed by atoms with Gasteiger partial charge in [0.25, 0.3) is 0 Å². The van der Waals surface area contributed by atoms with Gasteiger partial charge in [-0.25, -0.2) is 4.98 Å². The number of rotatable bonds is 4. The minimum Gasteiger partial charge on any atom is -0.496 e. The molecule has 0 radical (unpaired) electrons. The highest BCUT2D eigenvalue weighted by atomic mass is 79.9. The molecule has 1 aromatic heterocycles. The van der Waals surface area contributed by atoms with Crippen LogP contribution in [-0.2, 0) is 6.42 Å². The first-order valence-electron chi connectivity index (χ1n) is 4.99. The highest BCUT2D eigenvalue weighted by Crippen LogP contribution is 2.31. The molecule has 16 heavy (non-hydrogen) atoms. The van der Waals surface area contributed by atoms with E-state index in [0.29, 0.717) is 0 Å². The Labute approximate surface area is 107 Å². The summed E-state index contributed by atoms with van der Waals surface area (Å²) >= 11 is 5.08. The van der Waals surface area contributed by atoms with E-state index >= 15 is 0 Å². The summed E-state index contributed by atoms with van der Waals surface area (Å²) in [5.41, 5.74) is 2.19. The Kier molecular flexibility index (Phi) is 3.96. The second-order valence-electron chi connectivity index (χ2n) is 3.28. The van der Waals surface area contributed by atoms with Crippen LogP contribution in [0.4, 0.5) is 0 Å². The number of aryl methyl sites for hydroxylation is 1. The minimum absolute atomic E-state index is 0.877. The van der Waals surface area contributed by atoms with E-state index < -0.39 is 0 Å². The number of benzene rings is 1. The third kappa shape index (κ3) is 2.44. The first-order chi connectivity index (χ1) is 7.85. The van der Waals surface area contributed by atoms with E-state index in [1.807, 2.05) is 24.3 Å². The lowest BCUT2D eigenvalue weighted by atomic mass is 10.2. The zero-order chi connectivity index (χ0) is 11.4. The fourth-order valence-corrected chi connectivity index (χ4v) is 2.75. The van der Waals surface area contributed by atoms with Crippen LogP contribution in [0.5, 0.6) is 5.75 Å². The van der Waals surface area contributed by atoms with Gasteiger partial charge in [-0.1, -0.05) is 28.1 Å². The highest BCUT2D eigenvalue weighted by Gasteiger charge is 2.08. The number of aromatic nitrogens is 1. The van der Waals surface area contributed by atoms with Gasteiger partial charge in [-0.2, -0.15) is 0 Å². The number of hydrogen-bond acceptors (Lipinski definition) is 3. The molecule has 0 saturated carbocycles. The Morgan fingerprint density at radius 3 is 2.94 bits per heavy atom. The molecule has 0 saturated heterocycles. The summed E-state index contributed by atoms with van der Waals surface area (Å²) in [4.78, 5) is 4.59. The van der Waals surface area contributed by atoms with Gasteiger partial charge in [0.2, 0.25) is 0 Å². The van der Waals surface area contributed by atoms with Crippen molar-refractivity contribution in [3.05, 3.63) is 35.3 Å². The smallest absolute Gasteiger partial charge is 0.129 e. The molecule has 0 aliphatic heterocycles. The molecule has 0 aliphatic rings. The van der Waals surface area contributed by atoms with Gasteiger partial charge in [-0.15, -0.1) is 11.3 Å². The molecule has 4 heteroatoms. The van der Waals surface area contributed by atoms with Gasteiger partial charge in [-0.3, -0.25) is 0 Å². The Balaban J connectivity index is 2.34. The normalized spacial score (nSPS) is 10.4. The van der Waals surface area contributed by atoms with Crippen molar-refractivity contribution in [1.82, 2.24) is 4.98 Å². The van der Waals surface area contributed by atoms with Gasteiger partial charge in [0.15, 0.2) is 0 Å². The molecule has 0 aliphatic carbocycles. The number of nitrogens with zero attached hydrogens (tertiary/aromatic N) is 1. The van der Waals surface area contributed by atoms with E-state index in [-0.39, 0.29) is 0 Å². The van der Waals surface area contributed by atoms with Crippen LogP contribution in [0.25, 0.3) is 10.6 Å². The van der Waals surface area contributed by atoms with E-state index in [4.69, 9.17) is 4.74 Å². The highest BCUT2D eigenvalue weighted by molar-refractivity contribution is 9.09. The topological polar surface area (TPSA) is 22.1 Å². The van der Waals surface area contributed by atoms with Crippen LogP contribution >= 0.6 is 27.3 Å². The average molecular weight is 298 g/mol. The van der Waals surface area contributed by atoms with E-state index in [1.165, 1.54) is 0 Å². The predicted molar refractivity (Wildman–Crippen MR) is 71.6 cm³/mol.